The maximum Gasteiger partial charge on any atom is 0.412 e. The minimum absolute atomic E-state index is 0.0333. The summed E-state index contributed by atoms with van der Waals surface area (Å²) in [5.74, 6) is 0.483. The van der Waals surface area contributed by atoms with Crippen LogP contribution in [-0.4, -0.2) is 31.3 Å². The van der Waals surface area contributed by atoms with E-state index in [1.54, 1.807) is 22.9 Å². The van der Waals surface area contributed by atoms with Gasteiger partial charge in [0.1, 0.15) is 5.75 Å². The van der Waals surface area contributed by atoms with Gasteiger partial charge >= 0.3 is 6.09 Å². The summed E-state index contributed by atoms with van der Waals surface area (Å²) < 4.78 is 20.4. The molecule has 2 heterocycles. The van der Waals surface area contributed by atoms with Crippen LogP contribution in [0.5, 0.6) is 5.75 Å². The van der Waals surface area contributed by atoms with Crippen molar-refractivity contribution in [2.24, 2.45) is 0 Å². The van der Waals surface area contributed by atoms with Crippen molar-refractivity contribution in [1.29, 1.82) is 0 Å². The number of hydrogen-bond donors (Lipinski definition) is 1. The molecule has 0 spiro atoms. The van der Waals surface area contributed by atoms with Gasteiger partial charge in [0.2, 0.25) is 5.95 Å². The second-order valence-corrected chi connectivity index (χ2v) is 7.88. The number of rotatable bonds is 6. The molecule has 1 N–H and O–H groups in total. The van der Waals surface area contributed by atoms with Crippen LogP contribution < -0.4 is 10.1 Å². The van der Waals surface area contributed by atoms with Crippen molar-refractivity contribution in [2.75, 3.05) is 0 Å². The van der Waals surface area contributed by atoms with E-state index in [1.165, 1.54) is 12.1 Å². The molecule has 0 fully saturated rings. The molecule has 0 unspecified atom stereocenters. The van der Waals surface area contributed by atoms with Crippen molar-refractivity contribution < 1.29 is 13.9 Å². The molecule has 0 atom stereocenters. The number of carbonyl (C=O) groups excluding carboxylic acids is 1. The fourth-order valence-electron chi connectivity index (χ4n) is 3.27. The van der Waals surface area contributed by atoms with E-state index in [2.05, 4.69) is 25.8 Å². The maximum absolute atomic E-state index is 13.3. The van der Waals surface area contributed by atoms with Gasteiger partial charge in [-0.15, -0.1) is 5.10 Å². The molecule has 0 radical (unpaired) electrons. The average molecular weight is 446 g/mol. The molecule has 4 aromatic rings. The molecule has 2 aromatic heterocycles. The minimum Gasteiger partial charge on any atom is -0.410 e. The Hall–Kier alpha value is -4.14. The summed E-state index contributed by atoms with van der Waals surface area (Å²) in [6.45, 7) is 6.04. The Morgan fingerprint density at radius 2 is 1.88 bits per heavy atom. The van der Waals surface area contributed by atoms with Crippen LogP contribution in [0.4, 0.5) is 9.18 Å². The predicted octanol–water partition coefficient (Wildman–Crippen LogP) is 4.58. The summed E-state index contributed by atoms with van der Waals surface area (Å²) in [6.07, 6.45) is -0.686. The molecule has 0 bridgehead atoms. The first-order chi connectivity index (χ1) is 15.9. The minimum atomic E-state index is -0.686. The van der Waals surface area contributed by atoms with Crippen LogP contribution in [0, 0.1) is 12.9 Å². The highest BCUT2D eigenvalue weighted by molar-refractivity contribution is 5.73. The van der Waals surface area contributed by atoms with Crippen molar-refractivity contribution in [3.05, 3.63) is 83.7 Å². The number of benzene rings is 2. The highest BCUT2D eigenvalue weighted by Crippen LogP contribution is 2.29. The summed E-state index contributed by atoms with van der Waals surface area (Å²) in [5.41, 5.74) is 3.98. The number of pyridine rings is 1. The number of nitrogens with one attached hydrogen (secondary N) is 1. The van der Waals surface area contributed by atoms with Gasteiger partial charge in [-0.3, -0.25) is 0 Å². The molecule has 0 saturated heterocycles. The van der Waals surface area contributed by atoms with Gasteiger partial charge in [-0.1, -0.05) is 49.7 Å². The summed E-state index contributed by atoms with van der Waals surface area (Å²) >= 11 is 0. The number of carbonyl (C=O) groups is 1. The lowest BCUT2D eigenvalue weighted by molar-refractivity contribution is 0.200. The second-order valence-electron chi connectivity index (χ2n) is 7.88. The lowest BCUT2D eigenvalue weighted by atomic mass is 10.0. The van der Waals surface area contributed by atoms with Crippen LogP contribution in [0.1, 0.15) is 36.8 Å². The van der Waals surface area contributed by atoms with E-state index in [0.29, 0.717) is 23.0 Å². The summed E-state index contributed by atoms with van der Waals surface area (Å²) in [6, 6.07) is 17.8. The Kier molecular flexibility index (Phi) is 6.39. The molecule has 2 aromatic carbocycles. The van der Waals surface area contributed by atoms with Crippen molar-refractivity contribution in [3.63, 3.8) is 0 Å². The number of ether oxygens (including phenoxy) is 1. The zero-order valence-corrected chi connectivity index (χ0v) is 18.5. The smallest absolute Gasteiger partial charge is 0.410 e. The lowest BCUT2D eigenvalue weighted by Gasteiger charge is -2.13. The second kappa shape index (κ2) is 9.56. The van der Waals surface area contributed by atoms with Gasteiger partial charge in [-0.05, 0) is 52.7 Å². The lowest BCUT2D eigenvalue weighted by Crippen LogP contribution is -2.26. The fourth-order valence-corrected chi connectivity index (χ4v) is 3.27. The fraction of sp³-hybridized carbons (Fsp3) is 0.208. The summed E-state index contributed by atoms with van der Waals surface area (Å²) in [7, 11) is 0. The van der Waals surface area contributed by atoms with Gasteiger partial charge in [0, 0.05) is 12.0 Å². The van der Waals surface area contributed by atoms with Gasteiger partial charge in [0.05, 0.1) is 17.9 Å². The first kappa shape index (κ1) is 22.1. The summed E-state index contributed by atoms with van der Waals surface area (Å²) in [5, 5.41) is 14.6. The van der Waals surface area contributed by atoms with Crippen molar-refractivity contribution in [2.45, 2.75) is 33.2 Å². The Labute approximate surface area is 190 Å². The predicted molar refractivity (Wildman–Crippen MR) is 120 cm³/mol. The van der Waals surface area contributed by atoms with E-state index in [0.717, 1.165) is 16.7 Å². The Balaban J connectivity index is 1.63. The van der Waals surface area contributed by atoms with Crippen molar-refractivity contribution in [1.82, 2.24) is 30.5 Å². The molecule has 0 aliphatic carbocycles. The number of halogens is 1. The van der Waals surface area contributed by atoms with Crippen LogP contribution in [0.15, 0.2) is 60.7 Å². The topological polar surface area (TPSA) is 94.8 Å². The van der Waals surface area contributed by atoms with Crippen LogP contribution in [0.25, 0.3) is 16.8 Å². The van der Waals surface area contributed by atoms with E-state index < -0.39 is 12.0 Å². The van der Waals surface area contributed by atoms with Crippen LogP contribution in [0.3, 0.4) is 0 Å². The Morgan fingerprint density at radius 1 is 1.09 bits per heavy atom. The molecule has 168 valence electrons. The first-order valence-electron chi connectivity index (χ1n) is 10.5. The Morgan fingerprint density at radius 3 is 2.61 bits per heavy atom. The Bertz CT molecular complexity index is 1270. The molecule has 0 aliphatic rings. The average Bonchev–Trinajstić information content (AvgIpc) is 3.29. The molecular weight excluding hydrogens is 423 g/mol. The maximum atomic E-state index is 13.3. The number of nitrogens with zero attached hydrogens (tertiary/aromatic N) is 5. The van der Waals surface area contributed by atoms with Gasteiger partial charge in [0.25, 0.3) is 0 Å². The standard InChI is InChI=1S/C24H23FN6O2/c1-15(2)23-28-29-30-31(23)20-11-18(17-9-7-16(3)8-10-17)12-21(13-20)33-24(32)26-14-19-5-4-6-22(25)27-19/h4-13,15H,14H2,1-3H3,(H,26,32). The van der Waals surface area contributed by atoms with E-state index in [1.807, 2.05) is 51.1 Å². The normalized spacial score (nSPS) is 10.9. The third-order valence-electron chi connectivity index (χ3n) is 4.93. The zero-order valence-electron chi connectivity index (χ0n) is 18.5. The van der Waals surface area contributed by atoms with E-state index >= 15 is 0 Å². The number of aryl methyl sites for hydroxylation is 1. The molecule has 0 saturated carbocycles. The van der Waals surface area contributed by atoms with Crippen LogP contribution >= 0.6 is 0 Å². The van der Waals surface area contributed by atoms with Crippen molar-refractivity contribution >= 4 is 6.09 Å². The monoisotopic (exact) mass is 446 g/mol. The quantitative estimate of drug-likeness (QED) is 0.436. The molecule has 4 rings (SSSR count). The van der Waals surface area contributed by atoms with Crippen LogP contribution in [0.2, 0.25) is 0 Å². The van der Waals surface area contributed by atoms with Crippen LogP contribution in [-0.2, 0) is 6.54 Å². The molecule has 9 heteroatoms. The van der Waals surface area contributed by atoms with Crippen molar-refractivity contribution in [3.8, 4) is 22.6 Å². The van der Waals surface area contributed by atoms with E-state index in [-0.39, 0.29) is 12.5 Å². The molecule has 8 nitrogen and oxygen atoms in total. The van der Waals surface area contributed by atoms with E-state index in [9.17, 15) is 9.18 Å². The highest BCUT2D eigenvalue weighted by Gasteiger charge is 2.15. The number of hydrogen-bond acceptors (Lipinski definition) is 6. The molecule has 1 amide bonds. The third kappa shape index (κ3) is 5.38. The van der Waals surface area contributed by atoms with Gasteiger partial charge < -0.3 is 10.1 Å². The van der Waals surface area contributed by atoms with Gasteiger partial charge in [-0.2, -0.15) is 9.07 Å². The number of aromatic nitrogens is 5. The zero-order chi connectivity index (χ0) is 23.4. The highest BCUT2D eigenvalue weighted by atomic mass is 19.1. The first-order valence-corrected chi connectivity index (χ1v) is 10.5. The summed E-state index contributed by atoms with van der Waals surface area (Å²) in [4.78, 5) is 16.2. The number of amides is 1. The molecule has 33 heavy (non-hydrogen) atoms. The SMILES string of the molecule is Cc1ccc(-c2cc(OC(=O)NCc3cccc(F)n3)cc(-n3nnnc3C(C)C)c2)cc1. The molecule has 0 aliphatic heterocycles. The van der Waals surface area contributed by atoms with Gasteiger partial charge in [0.15, 0.2) is 5.82 Å². The third-order valence-corrected chi connectivity index (χ3v) is 4.93. The number of tetrazole rings is 1. The molecular formula is C24H23FN6O2. The largest absolute Gasteiger partial charge is 0.412 e. The van der Waals surface area contributed by atoms with E-state index in [4.69, 9.17) is 4.74 Å². The van der Waals surface area contributed by atoms with Gasteiger partial charge in [-0.25, -0.2) is 9.78 Å².